The fraction of sp³-hybridized carbons (Fsp3) is 0.158. The Bertz CT molecular complexity index is 1180. The number of anilines is 1. The molecule has 0 aliphatic rings. The van der Waals surface area contributed by atoms with E-state index in [9.17, 15) is 14.4 Å². The van der Waals surface area contributed by atoms with E-state index in [0.29, 0.717) is 20.8 Å². The highest BCUT2D eigenvalue weighted by atomic mass is 79.9. The summed E-state index contributed by atoms with van der Waals surface area (Å²) in [5.41, 5.74) is 5.85. The molecule has 2 amide bonds. The summed E-state index contributed by atoms with van der Waals surface area (Å²) in [5, 5.41) is 7.47. The van der Waals surface area contributed by atoms with Crippen LogP contribution in [0.4, 0.5) is 5.00 Å². The Morgan fingerprint density at radius 1 is 1.32 bits per heavy atom. The summed E-state index contributed by atoms with van der Waals surface area (Å²) in [6.45, 7) is 1.60. The van der Waals surface area contributed by atoms with Gasteiger partial charge < -0.3 is 20.5 Å². The maximum atomic E-state index is 12.6. The predicted octanol–water partition coefficient (Wildman–Crippen LogP) is 3.84. The number of thiophene rings is 1. The van der Waals surface area contributed by atoms with Gasteiger partial charge in [-0.05, 0) is 52.7 Å². The number of rotatable bonds is 7. The molecule has 3 N–H and O–H groups in total. The molecule has 0 fully saturated rings. The Labute approximate surface area is 194 Å². The van der Waals surface area contributed by atoms with E-state index in [1.54, 1.807) is 31.3 Å². The highest BCUT2D eigenvalue weighted by molar-refractivity contribution is 9.10. The molecule has 162 valence electrons. The third-order valence-electron chi connectivity index (χ3n) is 4.11. The number of carbonyl (C=O) groups excluding carboxylic acids is 3. The SMILES string of the molecule is COC(=O)c1c(NC(=O)c2ccn(COc3ccc(Cl)cc3Br)n2)sc(C(N)=O)c1C. The number of methoxy groups -OCH3 is 1. The van der Waals surface area contributed by atoms with Crippen molar-refractivity contribution >= 4 is 61.7 Å². The molecule has 9 nitrogen and oxygen atoms in total. The smallest absolute Gasteiger partial charge is 0.341 e. The second kappa shape index (κ2) is 9.50. The van der Waals surface area contributed by atoms with Crippen LogP contribution in [0.3, 0.4) is 0 Å². The number of hydrogen-bond donors (Lipinski definition) is 2. The third kappa shape index (κ3) is 5.06. The fourth-order valence-electron chi connectivity index (χ4n) is 2.63. The van der Waals surface area contributed by atoms with E-state index in [1.165, 1.54) is 17.9 Å². The van der Waals surface area contributed by atoms with Crippen LogP contribution in [-0.2, 0) is 11.5 Å². The van der Waals surface area contributed by atoms with E-state index >= 15 is 0 Å². The number of aromatic nitrogens is 2. The van der Waals surface area contributed by atoms with Gasteiger partial charge in [-0.1, -0.05) is 11.6 Å². The van der Waals surface area contributed by atoms with Gasteiger partial charge in [0, 0.05) is 11.2 Å². The van der Waals surface area contributed by atoms with Gasteiger partial charge in [-0.25, -0.2) is 9.48 Å². The first-order chi connectivity index (χ1) is 14.7. The molecule has 3 rings (SSSR count). The molecule has 3 aromatic rings. The monoisotopic (exact) mass is 526 g/mol. The van der Waals surface area contributed by atoms with E-state index in [0.717, 1.165) is 11.3 Å². The minimum Gasteiger partial charge on any atom is -0.470 e. The molecule has 2 aromatic heterocycles. The molecule has 12 heteroatoms. The number of hydrogen-bond acceptors (Lipinski definition) is 7. The van der Waals surface area contributed by atoms with E-state index < -0.39 is 17.8 Å². The van der Waals surface area contributed by atoms with Crippen molar-refractivity contribution in [3.05, 3.63) is 61.7 Å². The minimum atomic E-state index is -0.706. The lowest BCUT2D eigenvalue weighted by atomic mass is 10.1. The first kappa shape index (κ1) is 22.8. The van der Waals surface area contributed by atoms with Crippen molar-refractivity contribution < 1.29 is 23.9 Å². The van der Waals surface area contributed by atoms with Crippen LogP contribution in [0.25, 0.3) is 0 Å². The molecule has 0 atom stereocenters. The summed E-state index contributed by atoms with van der Waals surface area (Å²) in [4.78, 5) is 36.5. The first-order valence-corrected chi connectivity index (χ1v) is 10.6. The van der Waals surface area contributed by atoms with Gasteiger partial charge in [0.05, 0.1) is 22.0 Å². The lowest BCUT2D eigenvalue weighted by molar-refractivity contribution is 0.0601. The molecular weight excluding hydrogens is 512 g/mol. The summed E-state index contributed by atoms with van der Waals surface area (Å²) in [6, 6.07) is 6.57. The van der Waals surface area contributed by atoms with Crippen LogP contribution in [0.2, 0.25) is 5.02 Å². The lowest BCUT2D eigenvalue weighted by Gasteiger charge is -2.08. The number of amides is 2. The molecule has 0 radical (unpaired) electrons. The number of nitrogens with one attached hydrogen (secondary N) is 1. The van der Waals surface area contributed by atoms with Crippen molar-refractivity contribution in [3.63, 3.8) is 0 Å². The van der Waals surface area contributed by atoms with Gasteiger partial charge >= 0.3 is 5.97 Å². The number of esters is 1. The quantitative estimate of drug-likeness (QED) is 0.450. The number of halogens is 2. The van der Waals surface area contributed by atoms with E-state index in [2.05, 4.69) is 26.3 Å². The number of benzene rings is 1. The summed E-state index contributed by atoms with van der Waals surface area (Å²) >= 11 is 10.2. The zero-order valence-corrected chi connectivity index (χ0v) is 19.4. The van der Waals surface area contributed by atoms with Gasteiger partial charge in [0.25, 0.3) is 11.8 Å². The van der Waals surface area contributed by atoms with E-state index in [-0.39, 0.29) is 27.9 Å². The normalized spacial score (nSPS) is 10.6. The standard InChI is InChI=1S/C19H16BrClN4O5S/c1-9-14(19(28)29-2)18(31-15(9)16(22)26)23-17(27)12-5-6-25(24-12)8-30-13-4-3-10(21)7-11(13)20/h3-7H,8H2,1-2H3,(H2,22,26)(H,23,27). The van der Waals surface area contributed by atoms with Crippen LogP contribution in [0, 0.1) is 6.92 Å². The van der Waals surface area contributed by atoms with Gasteiger partial charge in [0.15, 0.2) is 12.4 Å². The number of carbonyl (C=O) groups is 3. The summed E-state index contributed by atoms with van der Waals surface area (Å²) in [5.74, 6) is -1.41. The molecule has 0 saturated carbocycles. The molecule has 0 unspecified atom stereocenters. The Kier molecular flexibility index (Phi) is 6.98. The number of primary amides is 1. The van der Waals surface area contributed by atoms with Crippen molar-refractivity contribution in [2.45, 2.75) is 13.7 Å². The average molecular weight is 528 g/mol. The van der Waals surface area contributed by atoms with Crippen molar-refractivity contribution in [2.24, 2.45) is 5.73 Å². The minimum absolute atomic E-state index is 0.0465. The van der Waals surface area contributed by atoms with E-state index in [4.69, 9.17) is 26.8 Å². The van der Waals surface area contributed by atoms with Crippen LogP contribution in [0.15, 0.2) is 34.9 Å². The Hall–Kier alpha value is -2.89. The second-order valence-electron chi connectivity index (χ2n) is 6.16. The fourth-order valence-corrected chi connectivity index (χ4v) is 4.47. The summed E-state index contributed by atoms with van der Waals surface area (Å²) in [7, 11) is 1.20. The van der Waals surface area contributed by atoms with Gasteiger partial charge in [-0.15, -0.1) is 11.3 Å². The van der Waals surface area contributed by atoms with E-state index in [1.807, 2.05) is 0 Å². The van der Waals surface area contributed by atoms with Crippen molar-refractivity contribution in [1.82, 2.24) is 9.78 Å². The third-order valence-corrected chi connectivity index (χ3v) is 6.18. The largest absolute Gasteiger partial charge is 0.470 e. The second-order valence-corrected chi connectivity index (χ2v) is 8.47. The highest BCUT2D eigenvalue weighted by Crippen LogP contribution is 2.33. The zero-order chi connectivity index (χ0) is 22.7. The van der Waals surface area contributed by atoms with Crippen LogP contribution in [0.1, 0.15) is 36.1 Å². The predicted molar refractivity (Wildman–Crippen MR) is 119 cm³/mol. The summed E-state index contributed by atoms with van der Waals surface area (Å²) < 4.78 is 12.5. The highest BCUT2D eigenvalue weighted by Gasteiger charge is 2.26. The molecule has 0 bridgehead atoms. The summed E-state index contributed by atoms with van der Waals surface area (Å²) in [6.07, 6.45) is 1.56. The Morgan fingerprint density at radius 3 is 2.71 bits per heavy atom. The van der Waals surface area contributed by atoms with Crippen molar-refractivity contribution in [1.29, 1.82) is 0 Å². The zero-order valence-electron chi connectivity index (χ0n) is 16.3. The van der Waals surface area contributed by atoms with Crippen LogP contribution in [-0.4, -0.2) is 34.7 Å². The van der Waals surface area contributed by atoms with Crippen LogP contribution in [0.5, 0.6) is 5.75 Å². The lowest BCUT2D eigenvalue weighted by Crippen LogP contribution is -2.16. The van der Waals surface area contributed by atoms with Gasteiger partial charge in [0.1, 0.15) is 10.8 Å². The Balaban J connectivity index is 1.75. The molecule has 0 aliphatic heterocycles. The molecule has 2 heterocycles. The van der Waals surface area contributed by atoms with Crippen molar-refractivity contribution in [3.8, 4) is 5.75 Å². The number of ether oxygens (including phenoxy) is 2. The Morgan fingerprint density at radius 2 is 2.06 bits per heavy atom. The number of nitrogens with zero attached hydrogens (tertiary/aromatic N) is 2. The maximum Gasteiger partial charge on any atom is 0.341 e. The molecule has 0 spiro atoms. The van der Waals surface area contributed by atoms with Gasteiger partial charge in [0.2, 0.25) is 0 Å². The van der Waals surface area contributed by atoms with Gasteiger partial charge in [-0.3, -0.25) is 9.59 Å². The van der Waals surface area contributed by atoms with Crippen molar-refractivity contribution in [2.75, 3.05) is 12.4 Å². The first-order valence-electron chi connectivity index (χ1n) is 8.65. The van der Waals surface area contributed by atoms with Gasteiger partial charge in [-0.2, -0.15) is 5.10 Å². The number of nitrogens with two attached hydrogens (primary N) is 1. The topological polar surface area (TPSA) is 126 Å². The molecule has 1 aromatic carbocycles. The maximum absolute atomic E-state index is 12.6. The average Bonchev–Trinajstić information content (AvgIpc) is 3.31. The molecular formula is C19H16BrClN4O5S. The van der Waals surface area contributed by atoms with Crippen LogP contribution >= 0.6 is 38.9 Å². The molecule has 31 heavy (non-hydrogen) atoms. The molecule has 0 aliphatic carbocycles. The molecule has 0 saturated heterocycles. The van der Waals surface area contributed by atoms with Crippen LogP contribution < -0.4 is 15.8 Å².